The summed E-state index contributed by atoms with van der Waals surface area (Å²) in [6.07, 6.45) is 3.50. The van der Waals surface area contributed by atoms with Crippen LogP contribution in [0.2, 0.25) is 0 Å². The Bertz CT molecular complexity index is 1380. The van der Waals surface area contributed by atoms with Crippen LogP contribution in [0, 0.1) is 5.92 Å². The first-order valence-corrected chi connectivity index (χ1v) is 15.3. The number of anilines is 1. The van der Waals surface area contributed by atoms with E-state index in [1.807, 2.05) is 56.3 Å². The van der Waals surface area contributed by atoms with E-state index in [0.29, 0.717) is 30.6 Å². The Morgan fingerprint density at radius 1 is 0.907 bits per heavy atom. The van der Waals surface area contributed by atoms with Crippen LogP contribution >= 0.6 is 0 Å². The summed E-state index contributed by atoms with van der Waals surface area (Å²) in [5.41, 5.74) is 0.330. The summed E-state index contributed by atoms with van der Waals surface area (Å²) in [5, 5.41) is 18.2. The average Bonchev–Trinajstić information content (AvgIpc) is 2.95. The van der Waals surface area contributed by atoms with Gasteiger partial charge in [0.25, 0.3) is 5.91 Å². The van der Waals surface area contributed by atoms with Crippen molar-refractivity contribution in [3.05, 3.63) is 72.3 Å². The highest BCUT2D eigenvalue weighted by molar-refractivity contribution is 6.00. The molecule has 3 aromatic carbocycles. The first kappa shape index (κ1) is 33.4. The topological polar surface area (TPSA) is 108 Å². The number of hydrogen-bond acceptors (Lipinski definition) is 5. The largest absolute Gasteiger partial charge is 0.508 e. The van der Waals surface area contributed by atoms with Crippen molar-refractivity contribution in [1.82, 2.24) is 10.2 Å². The number of carbonyl (C=O) groups excluding carboxylic acids is 3. The fourth-order valence-electron chi connectivity index (χ4n) is 5.02. The van der Waals surface area contributed by atoms with Crippen LogP contribution in [0.1, 0.15) is 85.3 Å². The number of ether oxygens (including phenoxy) is 1. The molecule has 0 saturated heterocycles. The lowest BCUT2D eigenvalue weighted by molar-refractivity contribution is -0.142. The quantitative estimate of drug-likeness (QED) is 0.178. The zero-order valence-corrected chi connectivity index (χ0v) is 26.4. The molecular formula is C35H47N3O5. The van der Waals surface area contributed by atoms with Crippen molar-refractivity contribution in [3.63, 3.8) is 0 Å². The van der Waals surface area contributed by atoms with E-state index in [9.17, 15) is 19.5 Å². The molecule has 0 bridgehead atoms. The Morgan fingerprint density at radius 3 is 2.28 bits per heavy atom. The fourth-order valence-corrected chi connectivity index (χ4v) is 5.02. The summed E-state index contributed by atoms with van der Waals surface area (Å²) in [6.45, 7) is 11.6. The number of amides is 3. The molecule has 3 unspecified atom stereocenters. The van der Waals surface area contributed by atoms with Gasteiger partial charge in [-0.05, 0) is 73.7 Å². The summed E-state index contributed by atoms with van der Waals surface area (Å²) >= 11 is 0. The maximum Gasteiger partial charge on any atom is 0.408 e. The maximum absolute atomic E-state index is 14.5. The number of aromatic hydroxyl groups is 1. The Balaban J connectivity index is 2.04. The lowest BCUT2D eigenvalue weighted by Crippen LogP contribution is -2.55. The van der Waals surface area contributed by atoms with Crippen molar-refractivity contribution >= 4 is 34.4 Å². The Labute approximate surface area is 255 Å². The number of phenolic OH excluding ortho intramolecular Hbond substituents is 1. The maximum atomic E-state index is 14.5. The Hall–Kier alpha value is -4.07. The molecule has 232 valence electrons. The smallest absolute Gasteiger partial charge is 0.408 e. The van der Waals surface area contributed by atoms with Crippen molar-refractivity contribution in [2.24, 2.45) is 5.92 Å². The molecular weight excluding hydrogens is 542 g/mol. The third-order valence-corrected chi connectivity index (χ3v) is 7.45. The average molecular weight is 590 g/mol. The van der Waals surface area contributed by atoms with Crippen molar-refractivity contribution < 1.29 is 24.2 Å². The molecule has 0 fully saturated rings. The fraction of sp³-hybridized carbons (Fsp3) is 0.457. The van der Waals surface area contributed by atoms with E-state index in [-0.39, 0.29) is 17.6 Å². The van der Waals surface area contributed by atoms with Gasteiger partial charge < -0.3 is 25.4 Å². The normalized spacial score (nSPS) is 13.5. The zero-order chi connectivity index (χ0) is 31.6. The van der Waals surface area contributed by atoms with Gasteiger partial charge in [0, 0.05) is 12.2 Å². The molecule has 3 aromatic rings. The molecule has 3 N–H and O–H groups in total. The van der Waals surface area contributed by atoms with Gasteiger partial charge in [-0.2, -0.15) is 0 Å². The van der Waals surface area contributed by atoms with Gasteiger partial charge in [0.15, 0.2) is 0 Å². The minimum absolute atomic E-state index is 0.00950. The van der Waals surface area contributed by atoms with Crippen LogP contribution in [0.3, 0.4) is 0 Å². The van der Waals surface area contributed by atoms with Gasteiger partial charge in [0.05, 0.1) is 0 Å². The van der Waals surface area contributed by atoms with Gasteiger partial charge in [-0.15, -0.1) is 0 Å². The minimum Gasteiger partial charge on any atom is -0.508 e. The number of rotatable bonds is 13. The second-order valence-electron chi connectivity index (χ2n) is 12.2. The molecule has 0 spiro atoms. The lowest BCUT2D eigenvalue weighted by atomic mass is 9.95. The molecule has 0 aliphatic carbocycles. The highest BCUT2D eigenvalue weighted by atomic mass is 16.6. The SMILES string of the molecule is CCCCCCN(C(=O)C(NC(=O)OC(C)(C)C)C(C)CC)C(C(=O)Nc1ccc2ccccc2c1)c1cccc(O)c1. The molecule has 3 rings (SSSR count). The molecule has 8 heteroatoms. The molecule has 0 heterocycles. The van der Waals surface area contributed by atoms with Gasteiger partial charge >= 0.3 is 6.09 Å². The molecule has 0 aromatic heterocycles. The van der Waals surface area contributed by atoms with E-state index in [2.05, 4.69) is 17.6 Å². The molecule has 43 heavy (non-hydrogen) atoms. The number of unbranched alkanes of at least 4 members (excludes halogenated alkanes) is 3. The van der Waals surface area contributed by atoms with E-state index >= 15 is 0 Å². The van der Waals surface area contributed by atoms with Crippen LogP contribution in [-0.4, -0.2) is 46.1 Å². The van der Waals surface area contributed by atoms with Crippen molar-refractivity contribution in [2.75, 3.05) is 11.9 Å². The van der Waals surface area contributed by atoms with E-state index in [4.69, 9.17) is 4.74 Å². The number of hydrogen-bond donors (Lipinski definition) is 3. The molecule has 3 atom stereocenters. The van der Waals surface area contributed by atoms with Crippen LogP contribution in [0.15, 0.2) is 66.7 Å². The monoisotopic (exact) mass is 589 g/mol. The highest BCUT2D eigenvalue weighted by Crippen LogP contribution is 2.29. The summed E-state index contributed by atoms with van der Waals surface area (Å²) < 4.78 is 5.50. The van der Waals surface area contributed by atoms with Crippen molar-refractivity contribution in [1.29, 1.82) is 0 Å². The summed E-state index contributed by atoms with van der Waals surface area (Å²) in [5.74, 6) is -1.03. The Morgan fingerprint density at radius 2 is 1.63 bits per heavy atom. The first-order valence-electron chi connectivity index (χ1n) is 15.3. The number of fused-ring (bicyclic) bond motifs is 1. The molecule has 3 amide bonds. The molecule has 8 nitrogen and oxygen atoms in total. The highest BCUT2D eigenvalue weighted by Gasteiger charge is 2.38. The predicted molar refractivity (Wildman–Crippen MR) is 172 cm³/mol. The third-order valence-electron chi connectivity index (χ3n) is 7.45. The van der Waals surface area contributed by atoms with Crippen LogP contribution in [0.25, 0.3) is 10.8 Å². The van der Waals surface area contributed by atoms with Crippen LogP contribution in [-0.2, 0) is 14.3 Å². The second kappa shape index (κ2) is 15.4. The third kappa shape index (κ3) is 9.73. The predicted octanol–water partition coefficient (Wildman–Crippen LogP) is 7.57. The van der Waals surface area contributed by atoms with Gasteiger partial charge in [-0.1, -0.05) is 88.9 Å². The molecule has 0 radical (unpaired) electrons. The number of carbonyl (C=O) groups is 3. The summed E-state index contributed by atoms with van der Waals surface area (Å²) in [6, 6.07) is 18.0. The van der Waals surface area contributed by atoms with Crippen LogP contribution < -0.4 is 10.6 Å². The number of alkyl carbamates (subject to hydrolysis) is 1. The number of phenols is 1. The van der Waals surface area contributed by atoms with Crippen molar-refractivity contribution in [3.8, 4) is 5.75 Å². The molecule has 0 saturated carbocycles. The number of benzene rings is 3. The van der Waals surface area contributed by atoms with E-state index in [0.717, 1.165) is 30.0 Å². The van der Waals surface area contributed by atoms with Gasteiger partial charge in [0.1, 0.15) is 23.4 Å². The minimum atomic E-state index is -1.06. The van der Waals surface area contributed by atoms with Gasteiger partial charge in [0.2, 0.25) is 5.91 Å². The standard InChI is InChI=1S/C35H47N3O5/c1-7-9-10-13-21-38(33(41)30(24(3)8-2)37-34(42)43-35(4,5)6)31(27-17-14-18-29(39)23-27)32(40)36-28-20-19-25-15-11-12-16-26(25)22-28/h11-12,14-20,22-24,30-31,39H,7-10,13,21H2,1-6H3,(H,36,40)(H,37,42). The summed E-state index contributed by atoms with van der Waals surface area (Å²) in [7, 11) is 0. The van der Waals surface area contributed by atoms with Gasteiger partial charge in [-0.3, -0.25) is 9.59 Å². The number of nitrogens with zero attached hydrogens (tertiary/aromatic N) is 1. The van der Waals surface area contributed by atoms with Crippen LogP contribution in [0.5, 0.6) is 5.75 Å². The first-order chi connectivity index (χ1) is 20.4. The lowest BCUT2D eigenvalue weighted by Gasteiger charge is -2.36. The zero-order valence-electron chi connectivity index (χ0n) is 26.4. The van der Waals surface area contributed by atoms with E-state index in [1.165, 1.54) is 12.1 Å². The van der Waals surface area contributed by atoms with Crippen molar-refractivity contribution in [2.45, 2.75) is 91.3 Å². The Kier molecular flexibility index (Phi) is 12.0. The summed E-state index contributed by atoms with van der Waals surface area (Å²) in [4.78, 5) is 43.0. The van der Waals surface area contributed by atoms with Crippen LogP contribution in [0.4, 0.5) is 10.5 Å². The second-order valence-corrected chi connectivity index (χ2v) is 12.2. The molecule has 0 aliphatic heterocycles. The number of nitrogens with one attached hydrogen (secondary N) is 2. The van der Waals surface area contributed by atoms with E-state index < -0.39 is 29.7 Å². The van der Waals surface area contributed by atoms with Gasteiger partial charge in [-0.25, -0.2) is 4.79 Å². The molecule has 0 aliphatic rings. The van der Waals surface area contributed by atoms with E-state index in [1.54, 1.807) is 37.8 Å².